The number of rotatable bonds is 6. The number of benzene rings is 3. The van der Waals surface area contributed by atoms with Crippen molar-refractivity contribution in [3.8, 4) is 5.75 Å². The third-order valence-electron chi connectivity index (χ3n) is 4.30. The fourth-order valence-corrected chi connectivity index (χ4v) is 2.83. The van der Waals surface area contributed by atoms with Gasteiger partial charge in [-0.1, -0.05) is 48.5 Å². The van der Waals surface area contributed by atoms with E-state index in [1.807, 2.05) is 30.3 Å². The van der Waals surface area contributed by atoms with Crippen LogP contribution in [0.25, 0.3) is 0 Å². The van der Waals surface area contributed by atoms with Crippen LogP contribution >= 0.6 is 0 Å². The van der Waals surface area contributed by atoms with Crippen LogP contribution in [0.4, 0.5) is 25.4 Å². The number of anilines is 2. The third kappa shape index (κ3) is 5.57. The summed E-state index contributed by atoms with van der Waals surface area (Å²) < 4.78 is 24.4. The maximum absolute atomic E-state index is 14.4. The Hall–Kier alpha value is -3.87. The summed E-state index contributed by atoms with van der Waals surface area (Å²) in [7, 11) is 1.25. The molecule has 7 heteroatoms. The van der Waals surface area contributed by atoms with Gasteiger partial charge in [-0.25, -0.2) is 14.0 Å². The molecule has 0 radical (unpaired) electrons. The minimum Gasteiger partial charge on any atom is -0.453 e. The van der Waals surface area contributed by atoms with E-state index in [1.54, 1.807) is 30.3 Å². The van der Waals surface area contributed by atoms with E-state index >= 15 is 0 Å². The van der Waals surface area contributed by atoms with Crippen LogP contribution in [-0.2, 0) is 11.2 Å². The summed E-state index contributed by atoms with van der Waals surface area (Å²) >= 11 is 0. The van der Waals surface area contributed by atoms with E-state index in [1.165, 1.54) is 30.2 Å². The molecule has 2 amide bonds. The predicted molar refractivity (Wildman–Crippen MR) is 112 cm³/mol. The van der Waals surface area contributed by atoms with E-state index in [4.69, 9.17) is 4.74 Å². The van der Waals surface area contributed by atoms with Crippen LogP contribution in [0.5, 0.6) is 5.75 Å². The molecule has 0 bridgehead atoms. The van der Waals surface area contributed by atoms with Gasteiger partial charge in [-0.05, 0) is 36.2 Å². The van der Waals surface area contributed by atoms with Gasteiger partial charge in [0.15, 0.2) is 0 Å². The maximum Gasteiger partial charge on any atom is 0.419 e. The second-order valence-electron chi connectivity index (χ2n) is 6.35. The van der Waals surface area contributed by atoms with Gasteiger partial charge in [0.05, 0.1) is 12.8 Å². The Labute approximate surface area is 173 Å². The first kappa shape index (κ1) is 20.9. The first-order valence-electron chi connectivity index (χ1n) is 9.29. The average molecular weight is 408 g/mol. The number of amides is 2. The molecule has 30 heavy (non-hydrogen) atoms. The van der Waals surface area contributed by atoms with Gasteiger partial charge in [-0.15, -0.1) is 0 Å². The molecular formula is C23H21FN2O4. The first-order valence-corrected chi connectivity index (χ1v) is 9.29. The lowest BCUT2D eigenvalue weighted by molar-refractivity contribution is 0.187. The van der Waals surface area contributed by atoms with E-state index in [2.05, 4.69) is 10.1 Å². The van der Waals surface area contributed by atoms with Gasteiger partial charge in [0.1, 0.15) is 11.6 Å². The lowest BCUT2D eigenvalue weighted by Gasteiger charge is -2.23. The van der Waals surface area contributed by atoms with Gasteiger partial charge in [0.2, 0.25) is 0 Å². The molecule has 0 saturated carbocycles. The Morgan fingerprint density at radius 3 is 2.43 bits per heavy atom. The Bertz CT molecular complexity index is 1010. The van der Waals surface area contributed by atoms with E-state index in [0.29, 0.717) is 12.1 Å². The fourth-order valence-electron chi connectivity index (χ4n) is 2.83. The quantitative estimate of drug-likeness (QED) is 0.605. The van der Waals surface area contributed by atoms with Crippen LogP contribution in [0.1, 0.15) is 5.56 Å². The average Bonchev–Trinajstić information content (AvgIpc) is 2.76. The minimum absolute atomic E-state index is 0.127. The number of hydrogen-bond acceptors (Lipinski definition) is 4. The summed E-state index contributed by atoms with van der Waals surface area (Å²) in [6.07, 6.45) is -0.852. The Morgan fingerprint density at radius 2 is 1.70 bits per heavy atom. The molecule has 0 saturated heterocycles. The van der Waals surface area contributed by atoms with Crippen molar-refractivity contribution < 1.29 is 23.5 Å². The minimum atomic E-state index is -0.730. The van der Waals surface area contributed by atoms with Gasteiger partial charge in [-0.3, -0.25) is 10.2 Å². The summed E-state index contributed by atoms with van der Waals surface area (Å²) in [5.74, 6) is -0.321. The molecule has 154 valence electrons. The van der Waals surface area contributed by atoms with Crippen molar-refractivity contribution in [1.29, 1.82) is 0 Å². The molecule has 0 aliphatic carbocycles. The van der Waals surface area contributed by atoms with Crippen molar-refractivity contribution in [2.75, 3.05) is 23.9 Å². The molecule has 0 aliphatic rings. The zero-order valence-corrected chi connectivity index (χ0v) is 16.4. The van der Waals surface area contributed by atoms with Gasteiger partial charge >= 0.3 is 12.2 Å². The topological polar surface area (TPSA) is 67.9 Å². The van der Waals surface area contributed by atoms with Gasteiger partial charge < -0.3 is 9.47 Å². The van der Waals surface area contributed by atoms with Crippen LogP contribution in [-0.4, -0.2) is 25.8 Å². The number of methoxy groups -OCH3 is 1. The Morgan fingerprint density at radius 1 is 0.967 bits per heavy atom. The molecule has 6 nitrogen and oxygen atoms in total. The summed E-state index contributed by atoms with van der Waals surface area (Å²) in [6.45, 7) is 0.226. The lowest BCUT2D eigenvalue weighted by Crippen LogP contribution is -2.36. The number of hydrogen-bond donors (Lipinski definition) is 1. The third-order valence-corrected chi connectivity index (χ3v) is 4.30. The number of nitrogens with zero attached hydrogens (tertiary/aromatic N) is 1. The number of carbonyl (C=O) groups excluding carboxylic acids is 2. The standard InChI is InChI=1S/C23H21FN2O4/c1-29-22(27)25-18-10-7-11-19(16-18)30-23(28)26(21-13-6-5-12-20(21)24)15-14-17-8-3-2-4-9-17/h2-13,16H,14-15H2,1H3,(H,25,27). The second kappa shape index (κ2) is 10.1. The summed E-state index contributed by atoms with van der Waals surface area (Å²) in [4.78, 5) is 25.5. The van der Waals surface area contributed by atoms with Crippen molar-refractivity contribution in [3.63, 3.8) is 0 Å². The molecule has 0 unspecified atom stereocenters. The van der Waals surface area contributed by atoms with Crippen LogP contribution in [0.15, 0.2) is 78.9 Å². The van der Waals surface area contributed by atoms with Crippen molar-refractivity contribution >= 4 is 23.6 Å². The number of ether oxygens (including phenoxy) is 2. The highest BCUT2D eigenvalue weighted by Gasteiger charge is 2.21. The zero-order valence-electron chi connectivity index (χ0n) is 16.4. The highest BCUT2D eigenvalue weighted by atomic mass is 19.1. The molecular weight excluding hydrogens is 387 g/mol. The van der Waals surface area contributed by atoms with Crippen LogP contribution < -0.4 is 15.0 Å². The highest BCUT2D eigenvalue weighted by Crippen LogP contribution is 2.23. The number of carbonyl (C=O) groups is 2. The molecule has 0 aliphatic heterocycles. The van der Waals surface area contributed by atoms with Crippen LogP contribution in [0.3, 0.4) is 0 Å². The van der Waals surface area contributed by atoms with Crippen molar-refractivity contribution in [2.24, 2.45) is 0 Å². The molecule has 3 rings (SSSR count). The van der Waals surface area contributed by atoms with Gasteiger partial charge in [0, 0.05) is 18.3 Å². The summed E-state index contributed by atoms with van der Waals surface area (Å²) in [6, 6.07) is 21.9. The predicted octanol–water partition coefficient (Wildman–Crippen LogP) is 5.25. The largest absolute Gasteiger partial charge is 0.453 e. The number of nitrogens with one attached hydrogen (secondary N) is 1. The molecule has 0 atom stereocenters. The summed E-state index contributed by atoms with van der Waals surface area (Å²) in [5, 5.41) is 2.50. The van der Waals surface area contributed by atoms with Gasteiger partial charge in [0.25, 0.3) is 0 Å². The lowest BCUT2D eigenvalue weighted by atomic mass is 10.1. The monoisotopic (exact) mass is 408 g/mol. The Kier molecular flexibility index (Phi) is 7.00. The van der Waals surface area contributed by atoms with Crippen molar-refractivity contribution in [1.82, 2.24) is 0 Å². The second-order valence-corrected chi connectivity index (χ2v) is 6.35. The molecule has 0 aromatic heterocycles. The first-order chi connectivity index (χ1) is 14.6. The number of para-hydroxylation sites is 1. The molecule has 3 aromatic rings. The van der Waals surface area contributed by atoms with Crippen molar-refractivity contribution in [2.45, 2.75) is 6.42 Å². The highest BCUT2D eigenvalue weighted by molar-refractivity contribution is 5.90. The molecule has 0 spiro atoms. The van der Waals surface area contributed by atoms with Crippen molar-refractivity contribution in [3.05, 3.63) is 90.2 Å². The van der Waals surface area contributed by atoms with Gasteiger partial charge in [-0.2, -0.15) is 0 Å². The van der Waals surface area contributed by atoms with E-state index in [0.717, 1.165) is 5.56 Å². The van der Waals surface area contributed by atoms with E-state index < -0.39 is 18.0 Å². The van der Waals surface area contributed by atoms with E-state index in [9.17, 15) is 14.0 Å². The zero-order chi connectivity index (χ0) is 21.3. The molecule has 0 fully saturated rings. The molecule has 3 aromatic carbocycles. The Balaban J connectivity index is 1.79. The SMILES string of the molecule is COC(=O)Nc1cccc(OC(=O)N(CCc2ccccc2)c2ccccc2F)c1. The fraction of sp³-hybridized carbons (Fsp3) is 0.130. The summed E-state index contributed by atoms with van der Waals surface area (Å²) in [5.41, 5.74) is 1.53. The van der Waals surface area contributed by atoms with Crippen LogP contribution in [0.2, 0.25) is 0 Å². The smallest absolute Gasteiger partial charge is 0.419 e. The maximum atomic E-state index is 14.4. The molecule has 0 heterocycles. The normalized spacial score (nSPS) is 10.2. The van der Waals surface area contributed by atoms with Crippen LogP contribution in [0, 0.1) is 5.82 Å². The number of halogens is 1. The molecule has 1 N–H and O–H groups in total. The van der Waals surface area contributed by atoms with E-state index in [-0.39, 0.29) is 18.0 Å².